The topological polar surface area (TPSA) is 129 Å². The van der Waals surface area contributed by atoms with Gasteiger partial charge in [-0.25, -0.2) is 4.57 Å². The Hall–Kier alpha value is -3.89. The number of phosphoric ester groups is 1. The third-order valence-corrected chi connectivity index (χ3v) is 9.25. The van der Waals surface area contributed by atoms with Gasteiger partial charge in [0.1, 0.15) is 19.8 Å². The first kappa shape index (κ1) is 57.1. The molecule has 11 heteroatoms. The van der Waals surface area contributed by atoms with Crippen molar-refractivity contribution in [3.05, 3.63) is 134 Å². The van der Waals surface area contributed by atoms with Crippen LogP contribution in [0.2, 0.25) is 0 Å². The second kappa shape index (κ2) is 40.2. The average molecular weight is 869 g/mol. The van der Waals surface area contributed by atoms with Gasteiger partial charge in [0.15, 0.2) is 6.10 Å². The lowest BCUT2D eigenvalue weighted by Gasteiger charge is -2.24. The zero-order valence-corrected chi connectivity index (χ0v) is 38.8. The Labute approximate surface area is 369 Å². The van der Waals surface area contributed by atoms with E-state index in [1.54, 1.807) is 6.08 Å². The minimum atomic E-state index is -4.43. The predicted octanol–water partition coefficient (Wildman–Crippen LogP) is 11.7. The van der Waals surface area contributed by atoms with Gasteiger partial charge in [0.2, 0.25) is 0 Å². The van der Waals surface area contributed by atoms with Crippen molar-refractivity contribution in [3.8, 4) is 0 Å². The van der Waals surface area contributed by atoms with Crippen LogP contribution in [0.4, 0.5) is 0 Å². The number of ether oxygens (including phenoxy) is 2. The van der Waals surface area contributed by atoms with Gasteiger partial charge in [0.25, 0.3) is 0 Å². The van der Waals surface area contributed by atoms with Crippen LogP contribution in [-0.4, -0.2) is 86.1 Å². The standard InChI is InChI=1S/C50H78NO9P/c1-6-8-10-12-14-15-16-17-18-19-20-21-22-27-30-34-38-42-50(54)60-48(46-59-61(55,56)58-44-43-51(3,4)5)45-57-49(53)41-37-33-29-26-24-23-25-28-32-36-40-47(52)39-35-31-13-11-9-7-2/h8-11,14-15,17-18,20-21,23-24,27-33,35-36,40,47-48,52H,6-7,12-13,16,19,22,25-26,34,37-39,41-46H2,1-5H3/p+1/b10-8-,11-9-,15-14-,18-17-,21-20-,24-23-,30-27-,32-28-,33-29-,35-31-,40-36+/t47?,48-/m1/s1. The van der Waals surface area contributed by atoms with Crippen LogP contribution in [0.5, 0.6) is 0 Å². The van der Waals surface area contributed by atoms with Crippen molar-refractivity contribution in [3.63, 3.8) is 0 Å². The second-order valence-electron chi connectivity index (χ2n) is 15.2. The third kappa shape index (κ3) is 44.0. The molecule has 61 heavy (non-hydrogen) atoms. The molecule has 0 radical (unpaired) electrons. The minimum absolute atomic E-state index is 0.00727. The van der Waals surface area contributed by atoms with Crippen LogP contribution in [0.3, 0.4) is 0 Å². The normalized spacial score (nSPS) is 15.3. The van der Waals surface area contributed by atoms with E-state index in [4.69, 9.17) is 18.5 Å². The van der Waals surface area contributed by atoms with Crippen LogP contribution in [0.15, 0.2) is 134 Å². The van der Waals surface area contributed by atoms with Crippen LogP contribution >= 0.6 is 7.82 Å². The zero-order chi connectivity index (χ0) is 45.1. The molecule has 0 saturated heterocycles. The summed E-state index contributed by atoms with van der Waals surface area (Å²) >= 11 is 0. The van der Waals surface area contributed by atoms with E-state index < -0.39 is 38.6 Å². The molecule has 0 aliphatic rings. The van der Waals surface area contributed by atoms with Crippen LogP contribution in [0.25, 0.3) is 0 Å². The maximum atomic E-state index is 12.7. The van der Waals surface area contributed by atoms with Crippen LogP contribution in [0, 0.1) is 0 Å². The number of rotatable bonds is 37. The molecule has 0 fully saturated rings. The number of carbonyl (C=O) groups is 2. The maximum Gasteiger partial charge on any atom is 0.472 e. The Balaban J connectivity index is 4.66. The van der Waals surface area contributed by atoms with Crippen molar-refractivity contribution < 1.29 is 47.2 Å². The van der Waals surface area contributed by atoms with Crippen molar-refractivity contribution in [2.24, 2.45) is 0 Å². The fourth-order valence-electron chi connectivity index (χ4n) is 4.86. The van der Waals surface area contributed by atoms with E-state index in [2.05, 4.69) is 86.8 Å². The lowest BCUT2D eigenvalue weighted by Crippen LogP contribution is -2.37. The number of hydrogen-bond donors (Lipinski definition) is 2. The van der Waals surface area contributed by atoms with Gasteiger partial charge in [-0.15, -0.1) is 0 Å². The maximum absolute atomic E-state index is 12.7. The number of carbonyl (C=O) groups excluding carboxylic acids is 2. The Bertz CT molecular complexity index is 1510. The molecule has 3 atom stereocenters. The van der Waals surface area contributed by atoms with Crippen LogP contribution < -0.4 is 0 Å². The molecule has 342 valence electrons. The molecule has 0 aliphatic carbocycles. The van der Waals surface area contributed by atoms with Gasteiger partial charge in [-0.1, -0.05) is 148 Å². The highest BCUT2D eigenvalue weighted by atomic mass is 31.2. The lowest BCUT2D eigenvalue weighted by molar-refractivity contribution is -0.870. The molecule has 0 saturated carbocycles. The molecule has 0 rings (SSSR count). The number of allylic oxidation sites excluding steroid dienone is 20. The van der Waals surface area contributed by atoms with E-state index in [0.29, 0.717) is 43.1 Å². The first-order valence-electron chi connectivity index (χ1n) is 22.0. The highest BCUT2D eigenvalue weighted by molar-refractivity contribution is 7.47. The molecule has 0 aliphatic heterocycles. The van der Waals surface area contributed by atoms with Crippen molar-refractivity contribution in [1.29, 1.82) is 0 Å². The van der Waals surface area contributed by atoms with E-state index in [1.165, 1.54) is 0 Å². The lowest BCUT2D eigenvalue weighted by atomic mass is 10.2. The van der Waals surface area contributed by atoms with E-state index in [-0.39, 0.29) is 26.1 Å². The molecule has 0 heterocycles. The number of unbranched alkanes of at least 4 members (excludes halogenated alkanes) is 1. The summed E-state index contributed by atoms with van der Waals surface area (Å²) in [7, 11) is 1.34. The van der Waals surface area contributed by atoms with Crippen LogP contribution in [0.1, 0.15) is 110 Å². The molecule has 0 spiro atoms. The summed E-state index contributed by atoms with van der Waals surface area (Å²) in [5, 5.41) is 10.0. The summed E-state index contributed by atoms with van der Waals surface area (Å²) in [6, 6.07) is 0. The summed E-state index contributed by atoms with van der Waals surface area (Å²) in [5.41, 5.74) is 0. The quantitative estimate of drug-likeness (QED) is 0.0157. The van der Waals surface area contributed by atoms with E-state index in [1.807, 2.05) is 75.8 Å². The molecular weight excluding hydrogens is 790 g/mol. The summed E-state index contributed by atoms with van der Waals surface area (Å²) in [4.78, 5) is 35.3. The largest absolute Gasteiger partial charge is 0.472 e. The Morgan fingerprint density at radius 1 is 0.590 bits per heavy atom. The minimum Gasteiger partial charge on any atom is -0.462 e. The van der Waals surface area contributed by atoms with Gasteiger partial charge >= 0.3 is 19.8 Å². The number of nitrogens with zero attached hydrogens (tertiary/aromatic N) is 1. The highest BCUT2D eigenvalue weighted by Crippen LogP contribution is 2.43. The molecule has 0 aromatic carbocycles. The highest BCUT2D eigenvalue weighted by Gasteiger charge is 2.27. The monoisotopic (exact) mass is 869 g/mol. The second-order valence-corrected chi connectivity index (χ2v) is 16.6. The summed E-state index contributed by atoms with van der Waals surface area (Å²) < 4.78 is 34.1. The molecule has 2 N–H and O–H groups in total. The fraction of sp³-hybridized carbons (Fsp3) is 0.520. The van der Waals surface area contributed by atoms with Crippen molar-refractivity contribution in [2.75, 3.05) is 47.5 Å². The number of likely N-dealkylation sites (N-methyl/N-ethyl adjacent to an activating group) is 1. The number of esters is 2. The fourth-order valence-corrected chi connectivity index (χ4v) is 5.60. The third-order valence-electron chi connectivity index (χ3n) is 8.27. The van der Waals surface area contributed by atoms with Crippen LogP contribution in [-0.2, 0) is 32.7 Å². The smallest absolute Gasteiger partial charge is 0.462 e. The van der Waals surface area contributed by atoms with Gasteiger partial charge in [-0.3, -0.25) is 18.6 Å². The van der Waals surface area contributed by atoms with Crippen molar-refractivity contribution >= 4 is 19.8 Å². The number of phosphoric acid groups is 1. The molecular formula is C50H79NO9P+. The van der Waals surface area contributed by atoms with Gasteiger partial charge in [-0.05, 0) is 83.5 Å². The number of aliphatic hydroxyl groups is 1. The van der Waals surface area contributed by atoms with Crippen molar-refractivity contribution in [2.45, 2.75) is 122 Å². The zero-order valence-electron chi connectivity index (χ0n) is 37.9. The number of hydrogen-bond acceptors (Lipinski definition) is 8. The number of quaternary nitrogens is 1. The first-order valence-corrected chi connectivity index (χ1v) is 23.5. The Kier molecular flexibility index (Phi) is 37.6. The molecule has 2 unspecified atom stereocenters. The molecule has 0 bridgehead atoms. The number of aliphatic hydroxyl groups excluding tert-OH is 1. The van der Waals surface area contributed by atoms with E-state index in [9.17, 15) is 24.2 Å². The van der Waals surface area contributed by atoms with Gasteiger partial charge in [0.05, 0.1) is 33.9 Å². The van der Waals surface area contributed by atoms with E-state index >= 15 is 0 Å². The van der Waals surface area contributed by atoms with Crippen molar-refractivity contribution in [1.82, 2.24) is 0 Å². The molecule has 10 nitrogen and oxygen atoms in total. The SMILES string of the molecule is CC/C=C\C/C=C\C/C=C\C/C=C\C/C=C\CCCC(=O)O[C@H](COC(=O)CC/C=C\C/C=C\C/C=C\C=C\C(O)C/C=C\C/C=C\CC)COP(=O)(O)OCC[N+](C)(C)C. The predicted molar refractivity (Wildman–Crippen MR) is 253 cm³/mol. The van der Waals surface area contributed by atoms with Gasteiger partial charge in [0, 0.05) is 12.8 Å². The molecule has 0 aromatic rings. The van der Waals surface area contributed by atoms with Gasteiger partial charge in [-0.2, -0.15) is 0 Å². The first-order chi connectivity index (χ1) is 29.4. The summed E-state index contributed by atoms with van der Waals surface area (Å²) in [6.07, 6.45) is 54.1. The average Bonchev–Trinajstić information content (AvgIpc) is 3.21. The Morgan fingerprint density at radius 2 is 1.08 bits per heavy atom. The molecule has 0 aromatic heterocycles. The summed E-state index contributed by atoms with van der Waals surface area (Å²) in [6.45, 7) is 3.91. The van der Waals surface area contributed by atoms with E-state index in [0.717, 1.165) is 51.4 Å². The van der Waals surface area contributed by atoms with Gasteiger partial charge < -0.3 is 24.0 Å². The summed E-state index contributed by atoms with van der Waals surface area (Å²) in [5.74, 6) is -1.01. The molecule has 0 amide bonds. The Morgan fingerprint density at radius 3 is 1.62 bits per heavy atom.